The minimum Gasteiger partial charge on any atom is -0.395 e. The lowest BCUT2D eigenvalue weighted by molar-refractivity contribution is 0.289. The van der Waals surface area contributed by atoms with E-state index < -0.39 is 0 Å². The van der Waals surface area contributed by atoms with Crippen molar-refractivity contribution in [3.63, 3.8) is 0 Å². The van der Waals surface area contributed by atoms with E-state index in [1.165, 1.54) is 19.3 Å². The highest BCUT2D eigenvalue weighted by atomic mass is 16.3. The number of nitrogens with zero attached hydrogens (tertiary/aromatic N) is 3. The molecule has 0 atom stereocenters. The molecule has 6 nitrogen and oxygen atoms in total. The average molecular weight is 251 g/mol. The van der Waals surface area contributed by atoms with Gasteiger partial charge in [-0.3, -0.25) is 4.98 Å². The highest BCUT2D eigenvalue weighted by Gasteiger charge is 2.22. The van der Waals surface area contributed by atoms with E-state index >= 15 is 0 Å². The summed E-state index contributed by atoms with van der Waals surface area (Å²) in [6, 6.07) is 0.452. The molecule has 0 amide bonds. The van der Waals surface area contributed by atoms with Gasteiger partial charge in [0.1, 0.15) is 5.82 Å². The number of hydrazine groups is 1. The molecule has 1 saturated carbocycles. The van der Waals surface area contributed by atoms with Crippen molar-refractivity contribution in [2.75, 3.05) is 23.5 Å². The Hall–Kier alpha value is -1.40. The van der Waals surface area contributed by atoms with Crippen molar-refractivity contribution < 1.29 is 5.11 Å². The molecule has 4 N–H and O–H groups in total. The van der Waals surface area contributed by atoms with Crippen molar-refractivity contribution in [3.05, 3.63) is 12.4 Å². The molecular formula is C12H21N5O. The lowest BCUT2D eigenvalue weighted by Crippen LogP contribution is -2.39. The Morgan fingerprint density at radius 2 is 2.11 bits per heavy atom. The standard InChI is InChI=1S/C12H21N5O/c13-16-11-8-14-9-12(15-11)17(6-7-18)10-4-2-1-3-5-10/h8-10,18H,1-7,13H2,(H,15,16). The third kappa shape index (κ3) is 3.08. The Kier molecular flexibility index (Phi) is 4.72. The van der Waals surface area contributed by atoms with Crippen molar-refractivity contribution in [3.8, 4) is 0 Å². The molecule has 6 heteroatoms. The summed E-state index contributed by atoms with van der Waals surface area (Å²) in [5.74, 6) is 6.68. The van der Waals surface area contributed by atoms with Gasteiger partial charge in [0.2, 0.25) is 0 Å². The molecule has 1 aromatic rings. The number of aliphatic hydroxyl groups is 1. The van der Waals surface area contributed by atoms with Gasteiger partial charge in [0, 0.05) is 12.6 Å². The van der Waals surface area contributed by atoms with E-state index in [1.54, 1.807) is 12.4 Å². The molecule has 0 bridgehead atoms. The number of nitrogens with one attached hydrogen (secondary N) is 1. The van der Waals surface area contributed by atoms with Crippen LogP contribution in [0.4, 0.5) is 11.6 Å². The van der Waals surface area contributed by atoms with Gasteiger partial charge in [-0.25, -0.2) is 10.8 Å². The summed E-state index contributed by atoms with van der Waals surface area (Å²) in [5.41, 5.74) is 2.50. The highest BCUT2D eigenvalue weighted by molar-refractivity contribution is 5.44. The summed E-state index contributed by atoms with van der Waals surface area (Å²) < 4.78 is 0. The highest BCUT2D eigenvalue weighted by Crippen LogP contribution is 2.26. The van der Waals surface area contributed by atoms with Crippen LogP contribution in [0, 0.1) is 0 Å². The van der Waals surface area contributed by atoms with Crippen molar-refractivity contribution in [1.82, 2.24) is 9.97 Å². The average Bonchev–Trinajstić information content (AvgIpc) is 2.46. The fraction of sp³-hybridized carbons (Fsp3) is 0.667. The summed E-state index contributed by atoms with van der Waals surface area (Å²) in [4.78, 5) is 10.7. The minimum absolute atomic E-state index is 0.123. The summed E-state index contributed by atoms with van der Waals surface area (Å²) in [6.45, 7) is 0.714. The number of anilines is 2. The molecule has 1 aliphatic carbocycles. The van der Waals surface area contributed by atoms with Crippen molar-refractivity contribution >= 4 is 11.6 Å². The third-order valence-corrected chi connectivity index (χ3v) is 3.42. The second kappa shape index (κ2) is 6.51. The fourth-order valence-electron chi connectivity index (χ4n) is 2.55. The molecule has 0 spiro atoms. The van der Waals surface area contributed by atoms with Crippen LogP contribution in [0.3, 0.4) is 0 Å². The molecule has 100 valence electrons. The van der Waals surface area contributed by atoms with Gasteiger partial charge in [0.25, 0.3) is 0 Å². The maximum Gasteiger partial charge on any atom is 0.160 e. The predicted octanol–water partition coefficient (Wildman–Crippen LogP) is 0.894. The maximum absolute atomic E-state index is 9.22. The Morgan fingerprint density at radius 3 is 2.78 bits per heavy atom. The number of nitrogens with two attached hydrogens (primary N) is 1. The zero-order chi connectivity index (χ0) is 12.8. The van der Waals surface area contributed by atoms with Crippen LogP contribution in [-0.2, 0) is 0 Å². The van der Waals surface area contributed by atoms with Gasteiger partial charge in [-0.15, -0.1) is 0 Å². The molecule has 0 aliphatic heterocycles. The Bertz CT molecular complexity index is 367. The number of aromatic nitrogens is 2. The normalized spacial score (nSPS) is 16.6. The number of hydrogen-bond donors (Lipinski definition) is 3. The summed E-state index contributed by atoms with van der Waals surface area (Å²) in [5, 5.41) is 9.22. The maximum atomic E-state index is 9.22. The molecule has 1 aromatic heterocycles. The Balaban J connectivity index is 2.16. The van der Waals surface area contributed by atoms with Gasteiger partial charge in [-0.05, 0) is 12.8 Å². The molecule has 1 aliphatic rings. The number of aliphatic hydroxyl groups excluding tert-OH is 1. The first-order valence-corrected chi connectivity index (χ1v) is 6.51. The van der Waals surface area contributed by atoms with Gasteiger partial charge < -0.3 is 15.4 Å². The van der Waals surface area contributed by atoms with Gasteiger partial charge >= 0.3 is 0 Å². The van der Waals surface area contributed by atoms with E-state index in [9.17, 15) is 5.11 Å². The van der Waals surface area contributed by atoms with Crippen LogP contribution in [0.25, 0.3) is 0 Å². The van der Waals surface area contributed by atoms with Gasteiger partial charge in [0.15, 0.2) is 5.82 Å². The summed E-state index contributed by atoms with van der Waals surface area (Å²) >= 11 is 0. The minimum atomic E-state index is 0.123. The first-order chi connectivity index (χ1) is 8.85. The second-order valence-electron chi connectivity index (χ2n) is 4.62. The van der Waals surface area contributed by atoms with E-state index in [1.807, 2.05) is 0 Å². The summed E-state index contributed by atoms with van der Waals surface area (Å²) in [6.07, 6.45) is 9.42. The van der Waals surface area contributed by atoms with Crippen molar-refractivity contribution in [1.29, 1.82) is 0 Å². The van der Waals surface area contributed by atoms with E-state index in [0.717, 1.165) is 18.7 Å². The van der Waals surface area contributed by atoms with Crippen LogP contribution in [-0.4, -0.2) is 34.3 Å². The number of hydrogen-bond acceptors (Lipinski definition) is 6. The Morgan fingerprint density at radius 1 is 1.33 bits per heavy atom. The molecule has 2 rings (SSSR count). The Labute approximate surface area is 107 Å². The van der Waals surface area contributed by atoms with E-state index in [2.05, 4.69) is 20.3 Å². The number of nitrogen functional groups attached to an aromatic ring is 1. The SMILES string of the molecule is NNc1cncc(N(CCO)C2CCCCC2)n1. The topological polar surface area (TPSA) is 87.3 Å². The third-order valence-electron chi connectivity index (χ3n) is 3.42. The van der Waals surface area contributed by atoms with Crippen LogP contribution >= 0.6 is 0 Å². The number of rotatable bonds is 5. The second-order valence-corrected chi connectivity index (χ2v) is 4.62. The monoisotopic (exact) mass is 251 g/mol. The first-order valence-electron chi connectivity index (χ1n) is 6.51. The van der Waals surface area contributed by atoms with Crippen LogP contribution in [0.5, 0.6) is 0 Å². The zero-order valence-electron chi connectivity index (χ0n) is 10.5. The molecule has 0 radical (unpaired) electrons. The van der Waals surface area contributed by atoms with Gasteiger partial charge in [-0.2, -0.15) is 0 Å². The fourth-order valence-corrected chi connectivity index (χ4v) is 2.55. The van der Waals surface area contributed by atoms with E-state index in [0.29, 0.717) is 18.4 Å². The largest absolute Gasteiger partial charge is 0.395 e. The molecule has 1 heterocycles. The van der Waals surface area contributed by atoms with Crippen molar-refractivity contribution in [2.45, 2.75) is 38.1 Å². The lowest BCUT2D eigenvalue weighted by atomic mass is 9.94. The molecule has 1 fully saturated rings. The first kappa shape index (κ1) is 13.0. The van der Waals surface area contributed by atoms with Gasteiger partial charge in [-0.1, -0.05) is 19.3 Å². The van der Waals surface area contributed by atoms with Crippen LogP contribution in [0.2, 0.25) is 0 Å². The van der Waals surface area contributed by atoms with E-state index in [4.69, 9.17) is 5.84 Å². The predicted molar refractivity (Wildman–Crippen MR) is 71.1 cm³/mol. The molecule has 0 aromatic carbocycles. The lowest BCUT2D eigenvalue weighted by Gasteiger charge is -2.34. The zero-order valence-corrected chi connectivity index (χ0v) is 10.5. The molecular weight excluding hydrogens is 230 g/mol. The molecule has 18 heavy (non-hydrogen) atoms. The van der Waals surface area contributed by atoms with Crippen LogP contribution in [0.1, 0.15) is 32.1 Å². The van der Waals surface area contributed by atoms with Crippen molar-refractivity contribution in [2.24, 2.45) is 5.84 Å². The van der Waals surface area contributed by atoms with E-state index in [-0.39, 0.29) is 6.61 Å². The molecule has 0 unspecified atom stereocenters. The van der Waals surface area contributed by atoms with Crippen LogP contribution < -0.4 is 16.2 Å². The summed E-state index contributed by atoms with van der Waals surface area (Å²) in [7, 11) is 0. The molecule has 0 saturated heterocycles. The quantitative estimate of drug-likeness (QED) is 0.532. The van der Waals surface area contributed by atoms with Crippen LogP contribution in [0.15, 0.2) is 12.4 Å². The smallest absolute Gasteiger partial charge is 0.160 e. The van der Waals surface area contributed by atoms with Gasteiger partial charge in [0.05, 0.1) is 19.0 Å².